The van der Waals surface area contributed by atoms with Crippen molar-refractivity contribution >= 4 is 5.78 Å². The van der Waals surface area contributed by atoms with Crippen LogP contribution in [0.2, 0.25) is 0 Å². The van der Waals surface area contributed by atoms with Crippen molar-refractivity contribution < 1.29 is 9.53 Å². The van der Waals surface area contributed by atoms with Crippen molar-refractivity contribution in [2.45, 2.75) is 31.3 Å². The third-order valence-electron chi connectivity index (χ3n) is 3.83. The Morgan fingerprint density at radius 2 is 2.00 bits per heavy atom. The van der Waals surface area contributed by atoms with Gasteiger partial charge < -0.3 is 4.74 Å². The van der Waals surface area contributed by atoms with Gasteiger partial charge in [-0.05, 0) is 24.3 Å². The van der Waals surface area contributed by atoms with E-state index in [2.05, 4.69) is 12.1 Å². The SMILES string of the molecule is O=C1C[C@@H]2OCCC[C@@H]2[C@H]1c1ccccc1. The lowest BCUT2D eigenvalue weighted by Gasteiger charge is -2.28. The summed E-state index contributed by atoms with van der Waals surface area (Å²) < 4.78 is 5.70. The Labute approximate surface area is 95.6 Å². The molecule has 0 spiro atoms. The fraction of sp³-hybridized carbons (Fsp3) is 0.500. The molecule has 0 aromatic heterocycles. The minimum absolute atomic E-state index is 0.0894. The Morgan fingerprint density at radius 1 is 1.19 bits per heavy atom. The van der Waals surface area contributed by atoms with Gasteiger partial charge in [0.25, 0.3) is 0 Å². The highest BCUT2D eigenvalue weighted by molar-refractivity contribution is 5.89. The summed E-state index contributed by atoms with van der Waals surface area (Å²) >= 11 is 0. The van der Waals surface area contributed by atoms with Gasteiger partial charge in [0.1, 0.15) is 5.78 Å². The maximum atomic E-state index is 12.1. The summed E-state index contributed by atoms with van der Waals surface area (Å²) in [6.07, 6.45) is 3.03. The molecule has 0 amide bonds. The van der Waals surface area contributed by atoms with Crippen molar-refractivity contribution in [3.8, 4) is 0 Å². The van der Waals surface area contributed by atoms with Crippen molar-refractivity contribution in [1.82, 2.24) is 0 Å². The summed E-state index contributed by atoms with van der Waals surface area (Å²) in [6.45, 7) is 0.829. The van der Waals surface area contributed by atoms with Gasteiger partial charge in [0, 0.05) is 18.9 Å². The molecule has 0 bridgehead atoms. The van der Waals surface area contributed by atoms with Crippen molar-refractivity contribution in [1.29, 1.82) is 0 Å². The number of carbonyl (C=O) groups is 1. The Kier molecular flexibility index (Phi) is 2.52. The van der Waals surface area contributed by atoms with Gasteiger partial charge >= 0.3 is 0 Å². The molecule has 2 heteroatoms. The third-order valence-corrected chi connectivity index (χ3v) is 3.83. The van der Waals surface area contributed by atoms with Crippen LogP contribution in [0.1, 0.15) is 30.7 Å². The van der Waals surface area contributed by atoms with E-state index in [1.807, 2.05) is 18.2 Å². The average molecular weight is 216 g/mol. The molecule has 2 aliphatic rings. The monoisotopic (exact) mass is 216 g/mol. The normalized spacial score (nSPS) is 33.8. The van der Waals surface area contributed by atoms with Crippen LogP contribution in [0.15, 0.2) is 30.3 Å². The highest BCUT2D eigenvalue weighted by Crippen LogP contribution is 2.43. The number of benzene rings is 1. The van der Waals surface area contributed by atoms with Crippen LogP contribution in [0.25, 0.3) is 0 Å². The Bertz CT molecular complexity index is 385. The molecular weight excluding hydrogens is 200 g/mol. The van der Waals surface area contributed by atoms with Gasteiger partial charge in [0.15, 0.2) is 0 Å². The Morgan fingerprint density at radius 3 is 2.81 bits per heavy atom. The van der Waals surface area contributed by atoms with E-state index in [1.54, 1.807) is 0 Å². The highest BCUT2D eigenvalue weighted by Gasteiger charge is 2.44. The first-order chi connectivity index (χ1) is 7.86. The molecule has 0 unspecified atom stereocenters. The van der Waals surface area contributed by atoms with Gasteiger partial charge in [-0.3, -0.25) is 4.79 Å². The van der Waals surface area contributed by atoms with E-state index in [0.717, 1.165) is 19.4 Å². The van der Waals surface area contributed by atoms with Crippen LogP contribution in [0.4, 0.5) is 0 Å². The van der Waals surface area contributed by atoms with Crippen molar-refractivity contribution in [2.24, 2.45) is 5.92 Å². The number of ketones is 1. The van der Waals surface area contributed by atoms with Gasteiger partial charge in [-0.2, -0.15) is 0 Å². The fourth-order valence-corrected chi connectivity index (χ4v) is 3.11. The minimum Gasteiger partial charge on any atom is -0.377 e. The largest absolute Gasteiger partial charge is 0.377 e. The first kappa shape index (κ1) is 10.0. The van der Waals surface area contributed by atoms with Crippen LogP contribution in [-0.2, 0) is 9.53 Å². The Balaban J connectivity index is 1.91. The molecular formula is C14H16O2. The quantitative estimate of drug-likeness (QED) is 0.721. The molecule has 1 aliphatic carbocycles. The van der Waals surface area contributed by atoms with Crippen LogP contribution in [0.3, 0.4) is 0 Å². The van der Waals surface area contributed by atoms with Gasteiger partial charge in [-0.1, -0.05) is 30.3 Å². The van der Waals surface area contributed by atoms with Crippen LogP contribution < -0.4 is 0 Å². The Hall–Kier alpha value is -1.15. The molecule has 1 aromatic carbocycles. The standard InChI is InChI=1S/C14H16O2/c15-12-9-13-11(7-4-8-16-13)14(12)10-5-2-1-3-6-10/h1-3,5-6,11,13-14H,4,7-9H2/t11-,13-,14+/m0/s1. The van der Waals surface area contributed by atoms with Crippen molar-refractivity contribution in [3.63, 3.8) is 0 Å². The number of rotatable bonds is 1. The molecule has 2 nitrogen and oxygen atoms in total. The zero-order chi connectivity index (χ0) is 11.0. The maximum Gasteiger partial charge on any atom is 0.143 e. The zero-order valence-electron chi connectivity index (χ0n) is 9.26. The molecule has 1 saturated carbocycles. The molecule has 16 heavy (non-hydrogen) atoms. The van der Waals surface area contributed by atoms with E-state index >= 15 is 0 Å². The van der Waals surface area contributed by atoms with E-state index in [1.165, 1.54) is 5.56 Å². The predicted molar refractivity (Wildman–Crippen MR) is 61.3 cm³/mol. The smallest absolute Gasteiger partial charge is 0.143 e. The van der Waals surface area contributed by atoms with E-state index in [-0.39, 0.29) is 12.0 Å². The van der Waals surface area contributed by atoms with Gasteiger partial charge in [0.05, 0.1) is 6.10 Å². The summed E-state index contributed by atoms with van der Waals surface area (Å²) in [5.41, 5.74) is 1.17. The average Bonchev–Trinajstić information content (AvgIpc) is 2.66. The summed E-state index contributed by atoms with van der Waals surface area (Å²) in [6, 6.07) is 10.2. The van der Waals surface area contributed by atoms with Crippen LogP contribution in [0.5, 0.6) is 0 Å². The van der Waals surface area contributed by atoms with Crippen LogP contribution in [0, 0.1) is 5.92 Å². The molecule has 3 rings (SSSR count). The van der Waals surface area contributed by atoms with Crippen LogP contribution >= 0.6 is 0 Å². The molecule has 3 atom stereocenters. The summed E-state index contributed by atoms with van der Waals surface area (Å²) in [5.74, 6) is 0.873. The number of carbonyl (C=O) groups excluding carboxylic acids is 1. The van der Waals surface area contributed by atoms with Crippen LogP contribution in [-0.4, -0.2) is 18.5 Å². The lowest BCUT2D eigenvalue weighted by molar-refractivity contribution is -0.119. The highest BCUT2D eigenvalue weighted by atomic mass is 16.5. The number of hydrogen-bond donors (Lipinski definition) is 0. The van der Waals surface area contributed by atoms with E-state index in [4.69, 9.17) is 4.74 Å². The molecule has 0 N–H and O–H groups in total. The van der Waals surface area contributed by atoms with Gasteiger partial charge in [-0.25, -0.2) is 0 Å². The zero-order valence-corrected chi connectivity index (χ0v) is 9.26. The predicted octanol–water partition coefficient (Wildman–Crippen LogP) is 2.54. The second kappa shape index (κ2) is 4.02. The van der Waals surface area contributed by atoms with Crippen molar-refractivity contribution in [3.05, 3.63) is 35.9 Å². The molecule has 1 saturated heterocycles. The molecule has 2 fully saturated rings. The second-order valence-electron chi connectivity index (χ2n) is 4.77. The second-order valence-corrected chi connectivity index (χ2v) is 4.77. The van der Waals surface area contributed by atoms with Gasteiger partial charge in [-0.15, -0.1) is 0 Å². The number of hydrogen-bond acceptors (Lipinski definition) is 2. The number of ether oxygens (including phenoxy) is 1. The maximum absolute atomic E-state index is 12.1. The molecule has 1 aliphatic heterocycles. The minimum atomic E-state index is 0.0894. The lowest BCUT2D eigenvalue weighted by atomic mass is 9.84. The summed E-state index contributed by atoms with van der Waals surface area (Å²) in [4.78, 5) is 12.1. The molecule has 1 heterocycles. The summed E-state index contributed by atoms with van der Waals surface area (Å²) in [7, 11) is 0. The summed E-state index contributed by atoms with van der Waals surface area (Å²) in [5, 5.41) is 0. The van der Waals surface area contributed by atoms with Crippen molar-refractivity contribution in [2.75, 3.05) is 6.61 Å². The van der Waals surface area contributed by atoms with E-state index in [9.17, 15) is 4.79 Å². The first-order valence-electron chi connectivity index (χ1n) is 6.05. The van der Waals surface area contributed by atoms with E-state index < -0.39 is 0 Å². The van der Waals surface area contributed by atoms with Gasteiger partial charge in [0.2, 0.25) is 0 Å². The fourth-order valence-electron chi connectivity index (χ4n) is 3.11. The molecule has 1 aromatic rings. The molecule has 84 valence electrons. The van der Waals surface area contributed by atoms with E-state index in [0.29, 0.717) is 18.1 Å². The lowest BCUT2D eigenvalue weighted by Crippen LogP contribution is -2.27. The third kappa shape index (κ3) is 1.57. The number of Topliss-reactive ketones (excluding diaryl/α,β-unsaturated/α-hetero) is 1. The topological polar surface area (TPSA) is 26.3 Å². The number of fused-ring (bicyclic) bond motifs is 1. The first-order valence-corrected chi connectivity index (χ1v) is 6.05. The molecule has 0 radical (unpaired) electrons.